The molecule has 0 aliphatic heterocycles. The van der Waals surface area contributed by atoms with E-state index < -0.39 is 0 Å². The summed E-state index contributed by atoms with van der Waals surface area (Å²) in [5.41, 5.74) is 0. The molecule has 18 heavy (non-hydrogen) atoms. The fourth-order valence-corrected chi connectivity index (χ4v) is 3.08. The van der Waals surface area contributed by atoms with Crippen LogP contribution in [0.5, 0.6) is 0 Å². The van der Waals surface area contributed by atoms with Crippen LogP contribution in [-0.2, 0) is 0 Å². The molecule has 2 rings (SSSR count). The minimum absolute atomic E-state index is 0.578. The Morgan fingerprint density at radius 3 is 2.50 bits per heavy atom. The van der Waals surface area contributed by atoms with E-state index in [2.05, 4.69) is 17.2 Å². The Labute approximate surface area is 119 Å². The quantitative estimate of drug-likeness (QED) is 0.841. The Morgan fingerprint density at radius 2 is 1.89 bits per heavy atom. The molecule has 0 amide bonds. The topological polar surface area (TPSA) is 24.9 Å². The van der Waals surface area contributed by atoms with Crippen LogP contribution >= 0.6 is 23.2 Å². The zero-order chi connectivity index (χ0) is 13.0. The maximum Gasteiger partial charge on any atom is 0.144 e. The van der Waals surface area contributed by atoms with Crippen LogP contribution in [0.15, 0.2) is 12.3 Å². The van der Waals surface area contributed by atoms with Crippen molar-refractivity contribution in [2.24, 2.45) is 11.8 Å². The fourth-order valence-electron chi connectivity index (χ4n) is 2.63. The molecule has 1 aromatic heterocycles. The van der Waals surface area contributed by atoms with Crippen molar-refractivity contribution in [2.75, 3.05) is 11.9 Å². The van der Waals surface area contributed by atoms with Gasteiger partial charge in [0.15, 0.2) is 0 Å². The number of halogens is 2. The molecule has 0 saturated heterocycles. The highest BCUT2D eigenvalue weighted by Crippen LogP contribution is 2.31. The third-order valence-electron chi connectivity index (χ3n) is 3.91. The van der Waals surface area contributed by atoms with Gasteiger partial charge in [0.25, 0.3) is 0 Å². The molecule has 1 N–H and O–H groups in total. The van der Waals surface area contributed by atoms with Gasteiger partial charge in [0, 0.05) is 12.7 Å². The number of pyridine rings is 1. The molecule has 1 saturated carbocycles. The van der Waals surface area contributed by atoms with Gasteiger partial charge in [0.05, 0.1) is 10.0 Å². The normalized spacial score (nSPS) is 23.9. The van der Waals surface area contributed by atoms with Gasteiger partial charge in [-0.15, -0.1) is 0 Å². The Kier molecular flexibility index (Phi) is 5.13. The van der Waals surface area contributed by atoms with Gasteiger partial charge in [-0.2, -0.15) is 0 Å². The van der Waals surface area contributed by atoms with E-state index in [-0.39, 0.29) is 0 Å². The average Bonchev–Trinajstić information content (AvgIpc) is 2.38. The van der Waals surface area contributed by atoms with Crippen LogP contribution in [-0.4, -0.2) is 11.5 Å². The lowest BCUT2D eigenvalue weighted by atomic mass is 9.81. The van der Waals surface area contributed by atoms with Crippen molar-refractivity contribution >= 4 is 29.0 Å². The second-order valence-electron chi connectivity index (χ2n) is 5.16. The molecular formula is C14H20Cl2N2. The minimum Gasteiger partial charge on any atom is -0.369 e. The lowest BCUT2D eigenvalue weighted by Crippen LogP contribution is -2.21. The summed E-state index contributed by atoms with van der Waals surface area (Å²) in [6.07, 6.45) is 8.32. The Morgan fingerprint density at radius 1 is 1.22 bits per heavy atom. The van der Waals surface area contributed by atoms with Crippen LogP contribution in [0.3, 0.4) is 0 Å². The third-order valence-corrected chi connectivity index (χ3v) is 4.40. The van der Waals surface area contributed by atoms with Crippen molar-refractivity contribution in [3.05, 3.63) is 22.3 Å². The Balaban J connectivity index is 1.81. The summed E-state index contributed by atoms with van der Waals surface area (Å²) in [5, 5.41) is 4.52. The van der Waals surface area contributed by atoms with E-state index in [1.807, 2.05) is 0 Å². The summed E-state index contributed by atoms with van der Waals surface area (Å²) >= 11 is 11.9. The van der Waals surface area contributed by atoms with E-state index in [0.717, 1.165) is 24.2 Å². The molecule has 1 aliphatic carbocycles. The summed E-state index contributed by atoms with van der Waals surface area (Å²) in [6.45, 7) is 3.26. The number of hydrogen-bond acceptors (Lipinski definition) is 2. The SMILES string of the molecule is CCC1CCC(CNc2ncc(Cl)cc2Cl)CC1. The second kappa shape index (κ2) is 6.63. The predicted molar refractivity (Wildman–Crippen MR) is 78.5 cm³/mol. The van der Waals surface area contributed by atoms with Gasteiger partial charge >= 0.3 is 0 Å². The highest BCUT2D eigenvalue weighted by molar-refractivity contribution is 6.35. The van der Waals surface area contributed by atoms with Crippen LogP contribution in [0.25, 0.3) is 0 Å². The number of nitrogens with one attached hydrogen (secondary N) is 1. The first-order chi connectivity index (χ1) is 8.69. The lowest BCUT2D eigenvalue weighted by molar-refractivity contribution is 0.278. The average molecular weight is 287 g/mol. The van der Waals surface area contributed by atoms with Crippen LogP contribution < -0.4 is 5.32 Å². The third kappa shape index (κ3) is 3.76. The number of anilines is 1. The zero-order valence-electron chi connectivity index (χ0n) is 10.8. The first kappa shape index (κ1) is 14.0. The summed E-state index contributed by atoms with van der Waals surface area (Å²) < 4.78 is 0. The second-order valence-corrected chi connectivity index (χ2v) is 6.00. The molecule has 0 radical (unpaired) electrons. The summed E-state index contributed by atoms with van der Waals surface area (Å²) in [7, 11) is 0. The van der Waals surface area contributed by atoms with E-state index in [0.29, 0.717) is 10.0 Å². The number of rotatable bonds is 4. The molecule has 1 heterocycles. The monoisotopic (exact) mass is 286 g/mol. The van der Waals surface area contributed by atoms with Crippen molar-refractivity contribution in [3.8, 4) is 0 Å². The Hall–Kier alpha value is -0.470. The van der Waals surface area contributed by atoms with Crippen molar-refractivity contribution < 1.29 is 0 Å². The molecule has 100 valence electrons. The summed E-state index contributed by atoms with van der Waals surface area (Å²) in [6, 6.07) is 1.73. The van der Waals surface area contributed by atoms with Gasteiger partial charge < -0.3 is 5.32 Å². The predicted octanol–water partition coefficient (Wildman–Crippen LogP) is 5.02. The highest BCUT2D eigenvalue weighted by Gasteiger charge is 2.19. The highest BCUT2D eigenvalue weighted by atomic mass is 35.5. The smallest absolute Gasteiger partial charge is 0.144 e. The number of aromatic nitrogens is 1. The van der Waals surface area contributed by atoms with Crippen LogP contribution in [0.4, 0.5) is 5.82 Å². The van der Waals surface area contributed by atoms with Gasteiger partial charge in [-0.3, -0.25) is 0 Å². The van der Waals surface area contributed by atoms with Crippen molar-refractivity contribution in [1.29, 1.82) is 0 Å². The van der Waals surface area contributed by atoms with Gasteiger partial charge in [-0.05, 0) is 30.7 Å². The van der Waals surface area contributed by atoms with Gasteiger partial charge in [-0.25, -0.2) is 4.98 Å². The van der Waals surface area contributed by atoms with Crippen LogP contribution in [0, 0.1) is 11.8 Å². The maximum atomic E-state index is 6.08. The minimum atomic E-state index is 0.578. The van der Waals surface area contributed by atoms with E-state index in [1.165, 1.54) is 32.1 Å². The van der Waals surface area contributed by atoms with Gasteiger partial charge in [0.1, 0.15) is 5.82 Å². The molecule has 1 aromatic rings. The largest absolute Gasteiger partial charge is 0.369 e. The summed E-state index contributed by atoms with van der Waals surface area (Å²) in [5.74, 6) is 2.44. The fraction of sp³-hybridized carbons (Fsp3) is 0.643. The molecular weight excluding hydrogens is 267 g/mol. The van der Waals surface area contributed by atoms with E-state index >= 15 is 0 Å². The van der Waals surface area contributed by atoms with Gasteiger partial charge in [0.2, 0.25) is 0 Å². The standard InChI is InChI=1S/C14H20Cl2N2/c1-2-10-3-5-11(6-4-10)8-17-14-13(16)7-12(15)9-18-14/h7,9-11H,2-6,8H2,1H3,(H,17,18). The first-order valence-corrected chi connectivity index (χ1v) is 7.49. The van der Waals surface area contributed by atoms with E-state index in [4.69, 9.17) is 23.2 Å². The molecule has 0 spiro atoms. The molecule has 4 heteroatoms. The molecule has 0 unspecified atom stereocenters. The lowest BCUT2D eigenvalue weighted by Gasteiger charge is -2.28. The molecule has 1 aliphatic rings. The molecule has 2 nitrogen and oxygen atoms in total. The van der Waals surface area contributed by atoms with Crippen LogP contribution in [0.2, 0.25) is 10.0 Å². The van der Waals surface area contributed by atoms with Crippen molar-refractivity contribution in [2.45, 2.75) is 39.0 Å². The van der Waals surface area contributed by atoms with Crippen LogP contribution in [0.1, 0.15) is 39.0 Å². The van der Waals surface area contributed by atoms with Gasteiger partial charge in [-0.1, -0.05) is 49.4 Å². The molecule has 0 atom stereocenters. The summed E-state index contributed by atoms with van der Waals surface area (Å²) in [4.78, 5) is 4.22. The molecule has 1 fully saturated rings. The van der Waals surface area contributed by atoms with Crippen molar-refractivity contribution in [1.82, 2.24) is 4.98 Å². The molecule has 0 bridgehead atoms. The van der Waals surface area contributed by atoms with Crippen molar-refractivity contribution in [3.63, 3.8) is 0 Å². The Bertz CT molecular complexity index is 387. The van der Waals surface area contributed by atoms with E-state index in [1.54, 1.807) is 12.3 Å². The first-order valence-electron chi connectivity index (χ1n) is 6.74. The maximum absolute atomic E-state index is 6.08. The number of nitrogens with zero attached hydrogens (tertiary/aromatic N) is 1. The van der Waals surface area contributed by atoms with E-state index in [9.17, 15) is 0 Å². The molecule has 0 aromatic carbocycles. The number of hydrogen-bond donors (Lipinski definition) is 1. The zero-order valence-corrected chi connectivity index (χ0v) is 12.3.